The molecule has 15 aromatic rings. The van der Waals surface area contributed by atoms with Crippen molar-refractivity contribution in [1.29, 1.82) is 0 Å². The fourth-order valence-electron chi connectivity index (χ4n) is 23.4. The van der Waals surface area contributed by atoms with Gasteiger partial charge in [0.05, 0.1) is 0 Å². The zero-order valence-corrected chi connectivity index (χ0v) is 67.9. The molecule has 0 unspecified atom stereocenters. The molecule has 0 radical (unpaired) electrons. The second kappa shape index (κ2) is 28.1. The van der Waals surface area contributed by atoms with E-state index in [4.69, 9.17) is 9.97 Å². The zero-order valence-electron chi connectivity index (χ0n) is 67.9. The van der Waals surface area contributed by atoms with Crippen molar-refractivity contribution < 1.29 is 9.13 Å². The Kier molecular flexibility index (Phi) is 17.4. The van der Waals surface area contributed by atoms with Crippen LogP contribution in [0.1, 0.15) is 156 Å². The van der Waals surface area contributed by atoms with Crippen LogP contribution >= 0.6 is 0 Å². The molecule has 10 aliphatic heterocycles. The Morgan fingerprint density at radius 1 is 0.209 bits per heavy atom. The van der Waals surface area contributed by atoms with Crippen LogP contribution in [0, 0.1) is 55.4 Å². The molecule has 550 valence electrons. The first kappa shape index (κ1) is 71.1. The lowest BCUT2D eigenvalue weighted by molar-refractivity contribution is -0.654. The van der Waals surface area contributed by atoms with Gasteiger partial charge in [0.25, 0.3) is 0 Å². The van der Waals surface area contributed by atoms with Gasteiger partial charge >= 0.3 is 13.4 Å². The van der Waals surface area contributed by atoms with Gasteiger partial charge in [0, 0.05) is 85.1 Å². The van der Waals surface area contributed by atoms with Crippen LogP contribution in [-0.4, -0.2) is 48.5 Å². The number of aryl methyl sites for hydroxylation is 10. The van der Waals surface area contributed by atoms with E-state index < -0.39 is 0 Å². The summed E-state index contributed by atoms with van der Waals surface area (Å²) in [5.74, 6) is 0. The summed E-state index contributed by atoms with van der Waals surface area (Å²) in [5.41, 5.74) is 63.2. The van der Waals surface area contributed by atoms with Crippen molar-refractivity contribution in [2.45, 2.75) is 120 Å². The Balaban J connectivity index is 0.0000000900. The lowest BCUT2D eigenvalue weighted by Crippen LogP contribution is -2.70. The normalized spacial score (nSPS) is 14.1. The number of benzene rings is 10. The van der Waals surface area contributed by atoms with E-state index >= 15 is 0 Å². The first-order valence-corrected chi connectivity index (χ1v) is 41.9. The van der Waals surface area contributed by atoms with Crippen LogP contribution < -0.4 is 91.3 Å². The fourth-order valence-corrected chi connectivity index (χ4v) is 23.4. The summed E-state index contributed by atoms with van der Waals surface area (Å²) in [6.07, 6.45) is 22.8. The zero-order chi connectivity index (χ0) is 77.8. The van der Waals surface area contributed by atoms with E-state index in [0.29, 0.717) is 33.6 Å². The monoisotopic (exact) mass is 1480 g/mol. The van der Waals surface area contributed by atoms with Gasteiger partial charge in [-0.2, -0.15) is 0 Å². The van der Waals surface area contributed by atoms with Crippen LogP contribution in [0.15, 0.2) is 256 Å². The Morgan fingerprint density at radius 2 is 0.435 bits per heavy atom. The van der Waals surface area contributed by atoms with Crippen molar-refractivity contribution in [3.05, 3.63) is 412 Å². The highest BCUT2D eigenvalue weighted by atomic mass is 14.9. The number of pyridine rings is 5. The van der Waals surface area contributed by atoms with Crippen molar-refractivity contribution in [3.63, 3.8) is 0 Å². The summed E-state index contributed by atoms with van der Waals surface area (Å²) in [6, 6.07) is 81.4. The molecule has 5 aromatic heterocycles. The molecule has 0 bridgehead atoms. The molecule has 115 heavy (non-hydrogen) atoms. The molecule has 0 spiro atoms. The van der Waals surface area contributed by atoms with Crippen molar-refractivity contribution in [1.82, 2.24) is 15.0 Å². The Labute approximate surface area is 680 Å². The first-order valence-electron chi connectivity index (χ1n) is 41.9. The van der Waals surface area contributed by atoms with E-state index in [9.17, 15) is 0 Å². The quantitative estimate of drug-likeness (QED) is 0.113. The molecule has 0 saturated heterocycles. The Bertz CT molecular complexity index is 5180. The first-order chi connectivity index (χ1) is 56.2. The van der Waals surface area contributed by atoms with Gasteiger partial charge in [-0.25, -0.2) is 9.13 Å². The van der Waals surface area contributed by atoms with Crippen molar-refractivity contribution >= 4 is 116 Å². The van der Waals surface area contributed by atoms with E-state index in [2.05, 4.69) is 321 Å². The minimum absolute atomic E-state index is 0.364. The standard InChI is InChI=1S/2C21H19BN.3C21H18BN/c2*1-14-6-3-7-15-12-16-8-4-9-17-13-18-10-5-11-23(2)21(18)22(19(14)15)20(16)17;1-13-5-3-6-15-9-16-7-4-8-17-10-18-12-23-11-14(2)20(18)22(19(13)15)21(16)17;2*1-13-5-3-6-15-11-16-7-4-8-17-12-18-20(14(2)9-10-23-18)22(19(13)15)21(16)17/h2*3-11H,12-13H2,1-2H3;3-8,11-12H,9-10H2,1-2H3;2*3-10H,11-12H2,1-2H3/q2*+1;;;. The maximum absolute atomic E-state index is 4.73. The SMILES string of the molecule is Cc1cccc2c1B1c3c(C)cncc3Cc3cccc(c31)C2.Cc1cccc2c1B1c3c(cccc3Cc3ccc[n+](C)c31)C2.Cc1cccc2c1B1c3c(cccc3Cc3ccc[n+](C)c31)C2.Cc1cccc2c1B1c3c(cccc3Cc3nccc(C)c31)C2.Cc1cccc2c1B1c3c(cccc3Cc3nccc(C)c31)C2. The van der Waals surface area contributed by atoms with E-state index in [0.717, 1.165) is 64.2 Å². The number of fused-ring (bicyclic) bond motifs is 20. The van der Waals surface area contributed by atoms with Crippen molar-refractivity contribution in [2.24, 2.45) is 14.1 Å². The van der Waals surface area contributed by atoms with Gasteiger partial charge < -0.3 is 0 Å². The molecule has 0 aliphatic carbocycles. The molecule has 0 saturated carbocycles. The molecule has 25 rings (SSSR count). The maximum Gasteiger partial charge on any atom is 0.327 e. The maximum atomic E-state index is 4.73. The fraction of sp³-hybridized carbons (Fsp3) is 0.190. The summed E-state index contributed by atoms with van der Waals surface area (Å²) in [7, 11) is 4.39. The van der Waals surface area contributed by atoms with Crippen LogP contribution in [0.25, 0.3) is 0 Å². The predicted molar refractivity (Wildman–Crippen MR) is 482 cm³/mol. The van der Waals surface area contributed by atoms with Gasteiger partial charge in [-0.15, -0.1) is 0 Å². The summed E-state index contributed by atoms with van der Waals surface area (Å²) in [6.45, 7) is 19.9. The minimum Gasteiger partial charge on any atom is -0.264 e. The molecule has 0 amide bonds. The Morgan fingerprint density at radius 3 is 0.757 bits per heavy atom. The largest absolute Gasteiger partial charge is 0.327 e. The van der Waals surface area contributed by atoms with Crippen LogP contribution in [-0.2, 0) is 78.3 Å². The highest BCUT2D eigenvalue weighted by Gasteiger charge is 2.47. The van der Waals surface area contributed by atoms with Crippen LogP contribution in [0.4, 0.5) is 0 Å². The lowest BCUT2D eigenvalue weighted by Gasteiger charge is -2.35. The minimum atomic E-state index is 0.364. The average molecular weight is 1480 g/mol. The van der Waals surface area contributed by atoms with Crippen molar-refractivity contribution in [2.75, 3.05) is 0 Å². The van der Waals surface area contributed by atoms with Gasteiger partial charge in [-0.05, 0) is 224 Å². The number of aromatic nitrogens is 5. The number of hydrogen-bond donors (Lipinski definition) is 0. The van der Waals surface area contributed by atoms with Gasteiger partial charge in [0.2, 0.25) is 20.1 Å². The molecule has 10 aliphatic rings. The molecular formula is C105H92B5N5+2. The summed E-state index contributed by atoms with van der Waals surface area (Å²) in [4.78, 5) is 13.9. The van der Waals surface area contributed by atoms with Crippen molar-refractivity contribution in [3.8, 4) is 0 Å². The topological polar surface area (TPSA) is 46.4 Å². The molecular weight excluding hydrogens is 1390 g/mol. The molecule has 0 atom stereocenters. The smallest absolute Gasteiger partial charge is 0.264 e. The summed E-state index contributed by atoms with van der Waals surface area (Å²) < 4.78 is 4.67. The average Bonchev–Trinajstić information content (AvgIpc) is 0.747. The third kappa shape index (κ3) is 11.6. The molecule has 0 fully saturated rings. The summed E-state index contributed by atoms with van der Waals surface area (Å²) in [5, 5.41) is 0. The van der Waals surface area contributed by atoms with Gasteiger partial charge in [0.15, 0.2) is 12.4 Å². The van der Waals surface area contributed by atoms with Gasteiger partial charge in [-0.3, -0.25) is 15.0 Å². The highest BCUT2D eigenvalue weighted by molar-refractivity contribution is 7.00. The molecule has 10 heteroatoms. The third-order valence-electron chi connectivity index (χ3n) is 28.1. The van der Waals surface area contributed by atoms with Crippen LogP contribution in [0.5, 0.6) is 0 Å². The Hall–Kier alpha value is -11.7. The van der Waals surface area contributed by atoms with E-state index in [1.807, 2.05) is 18.6 Å². The molecule has 0 N–H and O–H groups in total. The molecule has 5 nitrogen and oxygen atoms in total. The number of hydrogen-bond acceptors (Lipinski definition) is 3. The van der Waals surface area contributed by atoms with E-state index in [1.54, 1.807) is 27.3 Å². The van der Waals surface area contributed by atoms with E-state index in [-0.39, 0.29) is 0 Å². The number of nitrogens with zero attached hydrogens (tertiary/aromatic N) is 5. The second-order valence-electron chi connectivity index (χ2n) is 34.7. The third-order valence-corrected chi connectivity index (χ3v) is 28.1. The molecule has 15 heterocycles. The van der Waals surface area contributed by atoms with Crippen LogP contribution in [0.2, 0.25) is 0 Å². The summed E-state index contributed by atoms with van der Waals surface area (Å²) >= 11 is 0. The van der Waals surface area contributed by atoms with Crippen LogP contribution in [0.3, 0.4) is 0 Å². The van der Waals surface area contributed by atoms with Gasteiger partial charge in [-0.1, -0.05) is 281 Å². The highest BCUT2D eigenvalue weighted by Crippen LogP contribution is 2.30. The lowest BCUT2D eigenvalue weighted by atomic mass is 9.29. The van der Waals surface area contributed by atoms with Gasteiger partial charge in [0.1, 0.15) is 25.3 Å². The van der Waals surface area contributed by atoms with E-state index in [1.165, 1.54) is 211 Å². The molecule has 10 aromatic carbocycles. The second-order valence-corrected chi connectivity index (χ2v) is 34.7. The predicted octanol–water partition coefficient (Wildman–Crippen LogP) is 8.36. The number of rotatable bonds is 0.